The van der Waals surface area contributed by atoms with Gasteiger partial charge in [-0.05, 0) is 37.3 Å². The van der Waals surface area contributed by atoms with Gasteiger partial charge in [0.1, 0.15) is 5.69 Å². The van der Waals surface area contributed by atoms with Gasteiger partial charge in [0.25, 0.3) is 0 Å². The highest BCUT2D eigenvalue weighted by molar-refractivity contribution is 5.85. The average molecular weight is 278 g/mol. The number of likely N-dealkylation sites (tertiary alicyclic amines) is 1. The van der Waals surface area contributed by atoms with E-state index in [1.165, 1.54) is 6.42 Å². The average Bonchev–Trinajstić information content (AvgIpc) is 2.89. The van der Waals surface area contributed by atoms with Crippen molar-refractivity contribution in [3.63, 3.8) is 0 Å². The third kappa shape index (κ3) is 3.06. The number of carbonyl (C=O) groups is 1. The molecule has 4 heteroatoms. The maximum atomic E-state index is 11.2. The minimum Gasteiger partial charge on any atom is -0.477 e. The molecule has 2 heterocycles. The summed E-state index contributed by atoms with van der Waals surface area (Å²) in [6.45, 7) is 8.96. The van der Waals surface area contributed by atoms with Gasteiger partial charge in [-0.1, -0.05) is 20.8 Å². The molecule has 4 nitrogen and oxygen atoms in total. The highest BCUT2D eigenvalue weighted by Gasteiger charge is 2.27. The number of aromatic nitrogens is 1. The number of nitrogens with zero attached hydrogens (tertiary/aromatic N) is 2. The van der Waals surface area contributed by atoms with E-state index < -0.39 is 5.97 Å². The van der Waals surface area contributed by atoms with E-state index in [1.54, 1.807) is 6.07 Å². The fourth-order valence-electron chi connectivity index (χ4n) is 3.54. The number of piperidine rings is 1. The van der Waals surface area contributed by atoms with Gasteiger partial charge in [0.15, 0.2) is 0 Å². The van der Waals surface area contributed by atoms with Gasteiger partial charge < -0.3 is 9.67 Å². The summed E-state index contributed by atoms with van der Waals surface area (Å²) in [6, 6.07) is 4.51. The quantitative estimate of drug-likeness (QED) is 0.899. The molecule has 1 N–H and O–H groups in total. The first-order valence-electron chi connectivity index (χ1n) is 7.68. The van der Waals surface area contributed by atoms with Gasteiger partial charge >= 0.3 is 5.97 Å². The predicted molar refractivity (Wildman–Crippen MR) is 80.2 cm³/mol. The second-order valence-electron chi connectivity index (χ2n) is 6.09. The Hall–Kier alpha value is -1.29. The maximum absolute atomic E-state index is 11.2. The van der Waals surface area contributed by atoms with Crippen molar-refractivity contribution >= 4 is 5.97 Å². The highest BCUT2D eigenvalue weighted by atomic mass is 16.4. The van der Waals surface area contributed by atoms with E-state index in [2.05, 4.69) is 25.7 Å². The summed E-state index contributed by atoms with van der Waals surface area (Å²) < 4.78 is 1.94. The molecule has 0 aliphatic carbocycles. The molecule has 0 spiro atoms. The molecule has 2 rings (SSSR count). The fourth-order valence-corrected chi connectivity index (χ4v) is 3.54. The smallest absolute Gasteiger partial charge is 0.352 e. The highest BCUT2D eigenvalue weighted by Crippen LogP contribution is 2.27. The van der Waals surface area contributed by atoms with Crippen molar-refractivity contribution in [2.75, 3.05) is 13.1 Å². The van der Waals surface area contributed by atoms with Gasteiger partial charge in [0.05, 0.1) is 0 Å². The second kappa shape index (κ2) is 6.44. The Morgan fingerprint density at radius 1 is 1.40 bits per heavy atom. The number of rotatable bonds is 5. The Labute approximate surface area is 121 Å². The molecule has 1 aliphatic heterocycles. The summed E-state index contributed by atoms with van der Waals surface area (Å²) >= 11 is 0. The Bertz CT molecular complexity index is 445. The third-order valence-corrected chi connectivity index (χ3v) is 4.55. The molecule has 0 amide bonds. The van der Waals surface area contributed by atoms with Gasteiger partial charge in [0.2, 0.25) is 0 Å². The molecule has 0 radical (unpaired) electrons. The van der Waals surface area contributed by atoms with E-state index in [1.807, 2.05) is 16.8 Å². The van der Waals surface area contributed by atoms with Crippen molar-refractivity contribution in [1.82, 2.24) is 9.47 Å². The van der Waals surface area contributed by atoms with Crippen LogP contribution in [-0.4, -0.2) is 39.7 Å². The molecule has 1 saturated heterocycles. The molecule has 1 aromatic heterocycles. The zero-order valence-electron chi connectivity index (χ0n) is 12.7. The lowest BCUT2D eigenvalue weighted by molar-refractivity contribution is 0.0670. The van der Waals surface area contributed by atoms with Crippen LogP contribution in [0.4, 0.5) is 0 Å². The van der Waals surface area contributed by atoms with Crippen LogP contribution in [0.1, 0.15) is 56.6 Å². The number of aromatic carboxylic acids is 1. The van der Waals surface area contributed by atoms with Crippen LogP contribution < -0.4 is 0 Å². The Kier molecular flexibility index (Phi) is 4.86. The Morgan fingerprint density at radius 2 is 2.05 bits per heavy atom. The van der Waals surface area contributed by atoms with Crippen molar-refractivity contribution in [2.24, 2.45) is 5.92 Å². The lowest BCUT2D eigenvalue weighted by atomic mass is 9.95. The minimum atomic E-state index is -0.828. The van der Waals surface area contributed by atoms with Gasteiger partial charge in [-0.25, -0.2) is 4.79 Å². The number of carboxylic acid groups (broad SMARTS) is 1. The molecule has 0 aromatic carbocycles. The second-order valence-corrected chi connectivity index (χ2v) is 6.09. The largest absolute Gasteiger partial charge is 0.477 e. The minimum absolute atomic E-state index is 0.331. The van der Waals surface area contributed by atoms with Gasteiger partial charge in [-0.2, -0.15) is 0 Å². The monoisotopic (exact) mass is 278 g/mol. The molecule has 1 aliphatic rings. The number of carboxylic acids is 1. The van der Waals surface area contributed by atoms with Crippen molar-refractivity contribution in [1.29, 1.82) is 0 Å². The van der Waals surface area contributed by atoms with Crippen LogP contribution in [0.5, 0.6) is 0 Å². The van der Waals surface area contributed by atoms with E-state index in [4.69, 9.17) is 0 Å². The first kappa shape index (κ1) is 15.1. The van der Waals surface area contributed by atoms with Crippen LogP contribution >= 0.6 is 0 Å². The van der Waals surface area contributed by atoms with Gasteiger partial charge in [0, 0.05) is 31.4 Å². The zero-order valence-corrected chi connectivity index (χ0v) is 12.7. The molecule has 20 heavy (non-hydrogen) atoms. The normalized spacial score (nSPS) is 19.4. The van der Waals surface area contributed by atoms with Gasteiger partial charge in [-0.15, -0.1) is 0 Å². The summed E-state index contributed by atoms with van der Waals surface area (Å²) in [4.78, 5) is 13.8. The molecule has 1 unspecified atom stereocenters. The van der Waals surface area contributed by atoms with E-state index in [0.29, 0.717) is 23.7 Å². The molecule has 1 fully saturated rings. The molecule has 0 saturated carbocycles. The van der Waals surface area contributed by atoms with Crippen molar-refractivity contribution in [2.45, 2.75) is 52.1 Å². The SMILES string of the molecule is CCC(C(C)C)N1CCC(n2cccc2C(=O)O)CC1. The number of hydrogen-bond donors (Lipinski definition) is 1. The topological polar surface area (TPSA) is 45.5 Å². The van der Waals surface area contributed by atoms with Crippen molar-refractivity contribution in [3.05, 3.63) is 24.0 Å². The summed E-state index contributed by atoms with van der Waals surface area (Å²) in [5.41, 5.74) is 0.416. The molecule has 112 valence electrons. The van der Waals surface area contributed by atoms with Crippen LogP contribution in [0.25, 0.3) is 0 Å². The van der Waals surface area contributed by atoms with Crippen LogP contribution in [0.3, 0.4) is 0 Å². The van der Waals surface area contributed by atoms with E-state index in [-0.39, 0.29) is 0 Å². The molecular formula is C16H26N2O2. The lowest BCUT2D eigenvalue weighted by Gasteiger charge is -2.39. The van der Waals surface area contributed by atoms with E-state index in [9.17, 15) is 9.90 Å². The van der Waals surface area contributed by atoms with Crippen LogP contribution in [0, 0.1) is 5.92 Å². The van der Waals surface area contributed by atoms with E-state index in [0.717, 1.165) is 25.9 Å². The van der Waals surface area contributed by atoms with E-state index >= 15 is 0 Å². The Morgan fingerprint density at radius 3 is 2.55 bits per heavy atom. The van der Waals surface area contributed by atoms with Crippen molar-refractivity contribution < 1.29 is 9.90 Å². The molecular weight excluding hydrogens is 252 g/mol. The summed E-state index contributed by atoms with van der Waals surface area (Å²) in [5, 5.41) is 9.20. The third-order valence-electron chi connectivity index (χ3n) is 4.55. The van der Waals surface area contributed by atoms with Crippen LogP contribution in [0.2, 0.25) is 0 Å². The maximum Gasteiger partial charge on any atom is 0.352 e. The van der Waals surface area contributed by atoms with Crippen LogP contribution in [-0.2, 0) is 0 Å². The van der Waals surface area contributed by atoms with Gasteiger partial charge in [-0.3, -0.25) is 4.90 Å². The molecule has 1 atom stereocenters. The first-order chi connectivity index (χ1) is 9.54. The first-order valence-corrected chi connectivity index (χ1v) is 7.68. The lowest BCUT2D eigenvalue weighted by Crippen LogP contribution is -2.44. The molecule has 1 aromatic rings. The van der Waals surface area contributed by atoms with Crippen LogP contribution in [0.15, 0.2) is 18.3 Å². The van der Waals surface area contributed by atoms with Crippen molar-refractivity contribution in [3.8, 4) is 0 Å². The fraction of sp³-hybridized carbons (Fsp3) is 0.688. The number of hydrogen-bond acceptors (Lipinski definition) is 2. The predicted octanol–water partition coefficient (Wildman–Crippen LogP) is 3.26. The summed E-state index contributed by atoms with van der Waals surface area (Å²) in [6.07, 6.45) is 5.17. The summed E-state index contributed by atoms with van der Waals surface area (Å²) in [7, 11) is 0. The zero-order chi connectivity index (χ0) is 14.7. The molecule has 0 bridgehead atoms. The standard InChI is InChI=1S/C16H26N2O2/c1-4-14(12(2)3)17-10-7-13(8-11-17)18-9-5-6-15(18)16(19)20/h5-6,9,12-14H,4,7-8,10-11H2,1-3H3,(H,19,20). The summed E-state index contributed by atoms with van der Waals surface area (Å²) in [5.74, 6) is -0.149. The Balaban J connectivity index is 2.00.